The molecule has 2 aromatic heterocycles. The zero-order valence-corrected chi connectivity index (χ0v) is 13.7. The number of aryl methyl sites for hydroxylation is 1. The second-order valence-corrected chi connectivity index (χ2v) is 6.49. The normalized spacial score (nSPS) is 11.4. The van der Waals surface area contributed by atoms with Gasteiger partial charge in [0.05, 0.1) is 11.0 Å². The summed E-state index contributed by atoms with van der Waals surface area (Å²) in [5, 5.41) is 11.4. The first-order valence-corrected chi connectivity index (χ1v) is 8.43. The van der Waals surface area contributed by atoms with Crippen LogP contribution in [0, 0.1) is 6.92 Å². The van der Waals surface area contributed by atoms with Crippen molar-refractivity contribution >= 4 is 33.8 Å². The molecule has 0 atom stereocenters. The first-order valence-electron chi connectivity index (χ1n) is 7.44. The number of aromatic hydroxyl groups is 1. The molecule has 0 radical (unpaired) electrons. The average molecular weight is 338 g/mol. The fraction of sp³-hybridized carbons (Fsp3) is 0.111. The van der Waals surface area contributed by atoms with Crippen LogP contribution < -0.4 is 5.63 Å². The summed E-state index contributed by atoms with van der Waals surface area (Å²) in [6.45, 7) is 1.73. The van der Waals surface area contributed by atoms with Crippen LogP contribution in [0.4, 0.5) is 0 Å². The van der Waals surface area contributed by atoms with Crippen LogP contribution >= 0.6 is 11.8 Å². The summed E-state index contributed by atoms with van der Waals surface area (Å²) >= 11 is 1.52. The number of hydrogen-bond acceptors (Lipinski definition) is 5. The SMILES string of the molecule is Cc1c(O)ccc2c(CSc3nc4ccccc4[nH]3)cc(=O)oc12. The lowest BCUT2D eigenvalue weighted by Gasteiger charge is -2.07. The molecule has 0 amide bonds. The molecule has 0 fully saturated rings. The maximum atomic E-state index is 11.8. The highest BCUT2D eigenvalue weighted by molar-refractivity contribution is 7.98. The van der Waals surface area contributed by atoms with E-state index in [1.807, 2.05) is 24.3 Å². The Hall–Kier alpha value is -2.73. The molecule has 0 aliphatic rings. The number of nitrogens with one attached hydrogen (secondary N) is 1. The summed E-state index contributed by atoms with van der Waals surface area (Å²) in [5.74, 6) is 0.694. The largest absolute Gasteiger partial charge is 0.508 e. The van der Waals surface area contributed by atoms with E-state index in [1.54, 1.807) is 19.1 Å². The standard InChI is InChI=1S/C18H14N2O3S/c1-10-15(21)7-6-12-11(8-16(22)23-17(10)12)9-24-18-19-13-4-2-3-5-14(13)20-18/h2-8,21H,9H2,1H3,(H,19,20). The van der Waals surface area contributed by atoms with Crippen LogP contribution in [-0.2, 0) is 5.75 Å². The fourth-order valence-corrected chi connectivity index (χ4v) is 3.56. The summed E-state index contributed by atoms with van der Waals surface area (Å²) in [6.07, 6.45) is 0. The summed E-state index contributed by atoms with van der Waals surface area (Å²) in [5.41, 5.74) is 3.34. The van der Waals surface area contributed by atoms with Gasteiger partial charge in [0.15, 0.2) is 5.16 Å². The van der Waals surface area contributed by atoms with Gasteiger partial charge in [-0.1, -0.05) is 23.9 Å². The number of nitrogens with zero attached hydrogens (tertiary/aromatic N) is 1. The van der Waals surface area contributed by atoms with Crippen LogP contribution in [0.3, 0.4) is 0 Å². The minimum Gasteiger partial charge on any atom is -0.508 e. The Labute approximate surface area is 141 Å². The van der Waals surface area contributed by atoms with Gasteiger partial charge < -0.3 is 14.5 Å². The number of hydrogen-bond donors (Lipinski definition) is 2. The summed E-state index contributed by atoms with van der Waals surface area (Å²) in [6, 6.07) is 12.7. The van der Waals surface area contributed by atoms with Gasteiger partial charge in [0, 0.05) is 22.8 Å². The van der Waals surface area contributed by atoms with Gasteiger partial charge in [0.25, 0.3) is 0 Å². The van der Waals surface area contributed by atoms with Crippen LogP contribution in [0.1, 0.15) is 11.1 Å². The maximum Gasteiger partial charge on any atom is 0.336 e. The lowest BCUT2D eigenvalue weighted by molar-refractivity contribution is 0.468. The van der Waals surface area contributed by atoms with Crippen molar-refractivity contribution in [2.75, 3.05) is 0 Å². The minimum atomic E-state index is -0.420. The van der Waals surface area contributed by atoms with E-state index in [1.165, 1.54) is 17.8 Å². The number of fused-ring (bicyclic) bond motifs is 2. The lowest BCUT2D eigenvalue weighted by atomic mass is 10.1. The van der Waals surface area contributed by atoms with Crippen molar-refractivity contribution in [3.05, 3.63) is 64.0 Å². The predicted molar refractivity (Wildman–Crippen MR) is 94.5 cm³/mol. The van der Waals surface area contributed by atoms with E-state index in [-0.39, 0.29) is 5.75 Å². The quantitative estimate of drug-likeness (QED) is 0.436. The summed E-state index contributed by atoms with van der Waals surface area (Å²) in [4.78, 5) is 19.6. The van der Waals surface area contributed by atoms with Crippen molar-refractivity contribution in [2.45, 2.75) is 17.8 Å². The van der Waals surface area contributed by atoms with Crippen LogP contribution in [0.15, 0.2) is 56.8 Å². The highest BCUT2D eigenvalue weighted by Crippen LogP contribution is 2.30. The lowest BCUT2D eigenvalue weighted by Crippen LogP contribution is -2.01. The number of rotatable bonds is 3. The molecule has 4 aromatic rings. The number of thioether (sulfide) groups is 1. The van der Waals surface area contributed by atoms with Crippen molar-refractivity contribution in [2.24, 2.45) is 0 Å². The summed E-state index contributed by atoms with van der Waals surface area (Å²) < 4.78 is 5.27. The molecular weight excluding hydrogens is 324 g/mol. The van der Waals surface area contributed by atoms with Crippen molar-refractivity contribution < 1.29 is 9.52 Å². The van der Waals surface area contributed by atoms with Crippen molar-refractivity contribution in [1.82, 2.24) is 9.97 Å². The molecule has 5 nitrogen and oxygen atoms in total. The Morgan fingerprint density at radius 2 is 2.08 bits per heavy atom. The van der Waals surface area contributed by atoms with Gasteiger partial charge in [-0.2, -0.15) is 0 Å². The third-order valence-corrected chi connectivity index (χ3v) is 4.87. The molecule has 0 unspecified atom stereocenters. The van der Waals surface area contributed by atoms with Gasteiger partial charge >= 0.3 is 5.63 Å². The van der Waals surface area contributed by atoms with Crippen molar-refractivity contribution in [1.29, 1.82) is 0 Å². The third kappa shape index (κ3) is 2.55. The molecule has 0 saturated carbocycles. The fourth-order valence-electron chi connectivity index (χ4n) is 2.68. The highest BCUT2D eigenvalue weighted by Gasteiger charge is 2.12. The Morgan fingerprint density at radius 1 is 1.25 bits per heavy atom. The minimum absolute atomic E-state index is 0.118. The number of benzene rings is 2. The molecule has 6 heteroatoms. The van der Waals surface area contributed by atoms with Gasteiger partial charge in [-0.25, -0.2) is 9.78 Å². The van der Waals surface area contributed by atoms with E-state index in [4.69, 9.17) is 4.42 Å². The third-order valence-electron chi connectivity index (χ3n) is 3.95. The van der Waals surface area contributed by atoms with Crippen LogP contribution in [0.5, 0.6) is 5.75 Å². The Balaban J connectivity index is 1.71. The topological polar surface area (TPSA) is 79.1 Å². The van der Waals surface area contributed by atoms with Crippen LogP contribution in [0.25, 0.3) is 22.0 Å². The summed E-state index contributed by atoms with van der Waals surface area (Å²) in [7, 11) is 0. The van der Waals surface area contributed by atoms with Gasteiger partial charge in [-0.3, -0.25) is 0 Å². The molecule has 120 valence electrons. The van der Waals surface area contributed by atoms with Crippen LogP contribution in [-0.4, -0.2) is 15.1 Å². The number of phenolic OH excluding ortho intramolecular Hbond substituents is 1. The number of phenols is 1. The van der Waals surface area contributed by atoms with Crippen LogP contribution in [0.2, 0.25) is 0 Å². The molecule has 2 heterocycles. The monoisotopic (exact) mass is 338 g/mol. The zero-order chi connectivity index (χ0) is 16.7. The first-order chi connectivity index (χ1) is 11.6. The number of aromatic nitrogens is 2. The van der Waals surface area contributed by atoms with E-state index >= 15 is 0 Å². The van der Waals surface area contributed by atoms with E-state index in [2.05, 4.69) is 9.97 Å². The molecule has 2 aromatic carbocycles. The molecule has 0 saturated heterocycles. The van der Waals surface area contributed by atoms with E-state index < -0.39 is 5.63 Å². The van der Waals surface area contributed by atoms with Crippen molar-refractivity contribution in [3.8, 4) is 5.75 Å². The van der Waals surface area contributed by atoms with E-state index in [0.717, 1.165) is 27.1 Å². The van der Waals surface area contributed by atoms with Crippen molar-refractivity contribution in [3.63, 3.8) is 0 Å². The predicted octanol–water partition coefficient (Wildman–Crippen LogP) is 3.98. The highest BCUT2D eigenvalue weighted by atomic mass is 32.2. The maximum absolute atomic E-state index is 11.8. The average Bonchev–Trinajstić information content (AvgIpc) is 2.99. The molecular formula is C18H14N2O3S. The van der Waals surface area contributed by atoms with E-state index in [0.29, 0.717) is 16.9 Å². The molecule has 0 bridgehead atoms. The molecule has 0 spiro atoms. The first kappa shape index (κ1) is 14.8. The van der Waals surface area contributed by atoms with Gasteiger partial charge in [0.1, 0.15) is 11.3 Å². The van der Waals surface area contributed by atoms with E-state index in [9.17, 15) is 9.90 Å². The number of H-pyrrole nitrogens is 1. The Morgan fingerprint density at radius 3 is 2.92 bits per heavy atom. The molecule has 24 heavy (non-hydrogen) atoms. The molecule has 2 N–H and O–H groups in total. The number of imidazole rings is 1. The number of aromatic amines is 1. The molecule has 4 rings (SSSR count). The molecule has 0 aliphatic carbocycles. The second kappa shape index (κ2) is 5.72. The number of para-hydroxylation sites is 2. The van der Waals surface area contributed by atoms with Gasteiger partial charge in [0.2, 0.25) is 0 Å². The second-order valence-electron chi connectivity index (χ2n) is 5.52. The molecule has 0 aliphatic heterocycles. The smallest absolute Gasteiger partial charge is 0.336 e. The Bertz CT molecular complexity index is 1080. The zero-order valence-electron chi connectivity index (χ0n) is 12.9. The Kier molecular flexibility index (Phi) is 3.54. The van der Waals surface area contributed by atoms with Gasteiger partial charge in [-0.05, 0) is 36.8 Å². The van der Waals surface area contributed by atoms with Gasteiger partial charge in [-0.15, -0.1) is 0 Å².